The molecule has 0 bridgehead atoms. The highest BCUT2D eigenvalue weighted by atomic mass is 19.1. The molecule has 0 radical (unpaired) electrons. The number of ether oxygens (including phenoxy) is 1. The molecule has 3 aromatic rings. The molecule has 0 amide bonds. The van der Waals surface area contributed by atoms with Gasteiger partial charge in [-0.1, -0.05) is 6.07 Å². The third kappa shape index (κ3) is 2.63. The van der Waals surface area contributed by atoms with Crippen molar-refractivity contribution in [1.29, 1.82) is 0 Å². The van der Waals surface area contributed by atoms with Gasteiger partial charge in [0.25, 0.3) is 0 Å². The average molecular weight is 254 g/mol. The van der Waals surface area contributed by atoms with E-state index in [0.717, 1.165) is 5.69 Å². The lowest BCUT2D eigenvalue weighted by Crippen LogP contribution is -1.91. The minimum absolute atomic E-state index is 0.278. The number of rotatable bonds is 3. The number of hydrogen-bond acceptors (Lipinski definition) is 2. The molecule has 1 aromatic heterocycles. The summed E-state index contributed by atoms with van der Waals surface area (Å²) in [5, 5.41) is 0. The highest BCUT2D eigenvalue weighted by Gasteiger charge is 2.01. The van der Waals surface area contributed by atoms with E-state index in [4.69, 9.17) is 4.74 Å². The van der Waals surface area contributed by atoms with E-state index in [-0.39, 0.29) is 5.82 Å². The maximum atomic E-state index is 12.8. The molecule has 4 heteroatoms. The first-order valence-electron chi connectivity index (χ1n) is 5.83. The molecule has 0 unspecified atom stereocenters. The zero-order chi connectivity index (χ0) is 13.1. The first-order chi connectivity index (χ1) is 9.31. The van der Waals surface area contributed by atoms with Crippen LogP contribution in [0, 0.1) is 5.82 Å². The molecule has 0 saturated heterocycles. The van der Waals surface area contributed by atoms with Crippen LogP contribution in [-0.4, -0.2) is 9.55 Å². The fourth-order valence-corrected chi connectivity index (χ4v) is 1.76. The van der Waals surface area contributed by atoms with Crippen LogP contribution in [0.4, 0.5) is 4.39 Å². The monoisotopic (exact) mass is 254 g/mol. The van der Waals surface area contributed by atoms with Crippen molar-refractivity contribution in [2.24, 2.45) is 0 Å². The van der Waals surface area contributed by atoms with Crippen LogP contribution >= 0.6 is 0 Å². The van der Waals surface area contributed by atoms with Gasteiger partial charge in [-0.25, -0.2) is 9.37 Å². The van der Waals surface area contributed by atoms with Crippen LogP contribution in [0.15, 0.2) is 67.3 Å². The van der Waals surface area contributed by atoms with Crippen molar-refractivity contribution in [3.8, 4) is 17.2 Å². The molecule has 3 nitrogen and oxygen atoms in total. The number of nitrogens with zero attached hydrogens (tertiary/aromatic N) is 2. The fourth-order valence-electron chi connectivity index (χ4n) is 1.76. The Bertz CT molecular complexity index is 663. The summed E-state index contributed by atoms with van der Waals surface area (Å²) < 4.78 is 20.4. The topological polar surface area (TPSA) is 27.1 Å². The van der Waals surface area contributed by atoms with Crippen LogP contribution < -0.4 is 4.74 Å². The van der Waals surface area contributed by atoms with Gasteiger partial charge in [0.15, 0.2) is 0 Å². The molecule has 19 heavy (non-hydrogen) atoms. The number of aromatic nitrogens is 2. The maximum absolute atomic E-state index is 12.8. The van der Waals surface area contributed by atoms with Crippen molar-refractivity contribution in [3.63, 3.8) is 0 Å². The second-order valence-corrected chi connectivity index (χ2v) is 4.02. The van der Waals surface area contributed by atoms with Gasteiger partial charge < -0.3 is 9.30 Å². The molecule has 0 N–H and O–H groups in total. The van der Waals surface area contributed by atoms with Gasteiger partial charge in [-0.15, -0.1) is 0 Å². The lowest BCUT2D eigenvalue weighted by atomic mass is 10.3. The predicted octanol–water partition coefficient (Wildman–Crippen LogP) is 3.80. The Kier molecular flexibility index (Phi) is 2.98. The quantitative estimate of drug-likeness (QED) is 0.710. The molecule has 94 valence electrons. The standard InChI is InChI=1S/C15H11FN2O/c16-12-4-6-14(7-5-12)19-15-3-1-2-13(10-15)18-9-8-17-11-18/h1-11H. The van der Waals surface area contributed by atoms with Gasteiger partial charge in [-0.05, 0) is 36.4 Å². The van der Waals surface area contributed by atoms with Crippen molar-refractivity contribution in [2.45, 2.75) is 0 Å². The van der Waals surface area contributed by atoms with Crippen LogP contribution in [0.1, 0.15) is 0 Å². The molecule has 0 spiro atoms. The Hall–Kier alpha value is -2.62. The van der Waals surface area contributed by atoms with E-state index in [1.54, 1.807) is 24.7 Å². The highest BCUT2D eigenvalue weighted by Crippen LogP contribution is 2.23. The zero-order valence-electron chi connectivity index (χ0n) is 10.0. The summed E-state index contributed by atoms with van der Waals surface area (Å²) in [5.41, 5.74) is 0.956. The molecule has 0 aliphatic rings. The smallest absolute Gasteiger partial charge is 0.129 e. The molecule has 0 aliphatic carbocycles. The molecule has 1 heterocycles. The molecular formula is C15H11FN2O. The average Bonchev–Trinajstić information content (AvgIpc) is 2.96. The van der Waals surface area contributed by atoms with Crippen molar-refractivity contribution in [2.75, 3.05) is 0 Å². The van der Waals surface area contributed by atoms with Gasteiger partial charge in [0, 0.05) is 18.5 Å². The minimum Gasteiger partial charge on any atom is -0.457 e. The summed E-state index contributed by atoms with van der Waals surface area (Å²) in [4.78, 5) is 4.00. The Balaban J connectivity index is 1.85. The summed E-state index contributed by atoms with van der Waals surface area (Å²) >= 11 is 0. The first kappa shape index (κ1) is 11.5. The van der Waals surface area contributed by atoms with Gasteiger partial charge in [-0.3, -0.25) is 0 Å². The van der Waals surface area contributed by atoms with Crippen LogP contribution in [0.25, 0.3) is 5.69 Å². The maximum Gasteiger partial charge on any atom is 0.129 e. The summed E-state index contributed by atoms with van der Waals surface area (Å²) in [7, 11) is 0. The Labute approximate surface area is 109 Å². The summed E-state index contributed by atoms with van der Waals surface area (Å²) in [6, 6.07) is 13.5. The first-order valence-corrected chi connectivity index (χ1v) is 5.83. The normalized spacial score (nSPS) is 10.4. The third-order valence-corrected chi connectivity index (χ3v) is 2.67. The Morgan fingerprint density at radius 2 is 1.84 bits per heavy atom. The number of hydrogen-bond donors (Lipinski definition) is 0. The van der Waals surface area contributed by atoms with Crippen molar-refractivity contribution >= 4 is 0 Å². The number of imidazole rings is 1. The van der Waals surface area contributed by atoms with E-state index in [0.29, 0.717) is 11.5 Å². The molecule has 2 aromatic carbocycles. The van der Waals surface area contributed by atoms with Crippen LogP contribution in [-0.2, 0) is 0 Å². The summed E-state index contributed by atoms with van der Waals surface area (Å²) in [6.07, 6.45) is 5.29. The second kappa shape index (κ2) is 4.94. The number of benzene rings is 2. The zero-order valence-corrected chi connectivity index (χ0v) is 10.0. The Morgan fingerprint density at radius 1 is 1.00 bits per heavy atom. The third-order valence-electron chi connectivity index (χ3n) is 2.67. The van der Waals surface area contributed by atoms with Gasteiger partial charge in [0.1, 0.15) is 17.3 Å². The van der Waals surface area contributed by atoms with Gasteiger partial charge in [0.05, 0.1) is 12.0 Å². The predicted molar refractivity (Wildman–Crippen MR) is 70.0 cm³/mol. The van der Waals surface area contributed by atoms with Crippen molar-refractivity contribution in [3.05, 3.63) is 73.1 Å². The van der Waals surface area contributed by atoms with Gasteiger partial charge >= 0.3 is 0 Å². The number of halogens is 1. The van der Waals surface area contributed by atoms with E-state index in [2.05, 4.69) is 4.98 Å². The summed E-state index contributed by atoms with van der Waals surface area (Å²) in [5.74, 6) is 1.02. The molecular weight excluding hydrogens is 243 g/mol. The van der Waals surface area contributed by atoms with Gasteiger partial charge in [0.2, 0.25) is 0 Å². The Morgan fingerprint density at radius 3 is 2.58 bits per heavy atom. The van der Waals surface area contributed by atoms with E-state index in [1.165, 1.54) is 12.1 Å². The van der Waals surface area contributed by atoms with E-state index < -0.39 is 0 Å². The minimum atomic E-state index is -0.278. The molecule has 3 rings (SSSR count). The SMILES string of the molecule is Fc1ccc(Oc2cccc(-n3ccnc3)c2)cc1. The van der Waals surface area contributed by atoms with Gasteiger partial charge in [-0.2, -0.15) is 0 Å². The van der Waals surface area contributed by atoms with Crippen molar-refractivity contribution < 1.29 is 9.13 Å². The van der Waals surface area contributed by atoms with E-state index >= 15 is 0 Å². The lowest BCUT2D eigenvalue weighted by molar-refractivity contribution is 0.480. The van der Waals surface area contributed by atoms with E-state index in [1.807, 2.05) is 35.0 Å². The molecule has 0 saturated carbocycles. The van der Waals surface area contributed by atoms with E-state index in [9.17, 15) is 4.39 Å². The van der Waals surface area contributed by atoms with Crippen LogP contribution in [0.3, 0.4) is 0 Å². The fraction of sp³-hybridized carbons (Fsp3) is 0. The molecule has 0 atom stereocenters. The molecule has 0 aliphatic heterocycles. The largest absolute Gasteiger partial charge is 0.457 e. The van der Waals surface area contributed by atoms with Crippen molar-refractivity contribution in [1.82, 2.24) is 9.55 Å². The summed E-state index contributed by atoms with van der Waals surface area (Å²) in [6.45, 7) is 0. The van der Waals surface area contributed by atoms with Crippen LogP contribution in [0.2, 0.25) is 0 Å². The second-order valence-electron chi connectivity index (χ2n) is 4.02. The molecule has 0 fully saturated rings. The highest BCUT2D eigenvalue weighted by molar-refractivity contribution is 5.41. The van der Waals surface area contributed by atoms with Crippen LogP contribution in [0.5, 0.6) is 11.5 Å². The lowest BCUT2D eigenvalue weighted by Gasteiger charge is -2.08.